The van der Waals surface area contributed by atoms with Gasteiger partial charge in [0, 0.05) is 52.7 Å². The first kappa shape index (κ1) is 33.0. The summed E-state index contributed by atoms with van der Waals surface area (Å²) in [6, 6.07) is 60.2. The molecule has 0 radical (unpaired) electrons. The van der Waals surface area contributed by atoms with E-state index in [1.807, 2.05) is 12.1 Å². The van der Waals surface area contributed by atoms with Gasteiger partial charge >= 0.3 is 0 Å². The average molecular weight is 747 g/mol. The quantitative estimate of drug-likeness (QED) is 0.184. The first-order chi connectivity index (χ1) is 28.2. The minimum absolute atomic E-state index is 0.596. The second kappa shape index (κ2) is 13.4. The smallest absolute Gasteiger partial charge is 0.235 e. The highest BCUT2D eigenvalue weighted by atomic mass is 32.1. The number of anilines is 3. The number of aromatic amines is 1. The fourth-order valence-corrected chi connectivity index (χ4v) is 9.58. The van der Waals surface area contributed by atoms with Gasteiger partial charge in [-0.05, 0) is 87.3 Å². The van der Waals surface area contributed by atoms with Crippen molar-refractivity contribution in [2.75, 3.05) is 4.90 Å². The molecule has 0 spiro atoms. The van der Waals surface area contributed by atoms with Gasteiger partial charge in [-0.3, -0.25) is 4.90 Å². The van der Waals surface area contributed by atoms with Crippen molar-refractivity contribution in [3.63, 3.8) is 0 Å². The van der Waals surface area contributed by atoms with Gasteiger partial charge < -0.3 is 4.98 Å². The lowest BCUT2D eigenvalue weighted by Gasteiger charge is -2.25. The van der Waals surface area contributed by atoms with Crippen molar-refractivity contribution in [3.8, 4) is 11.1 Å². The number of thiophene rings is 1. The third-order valence-electron chi connectivity index (χ3n) is 11.0. The summed E-state index contributed by atoms with van der Waals surface area (Å²) < 4.78 is 2.35. The van der Waals surface area contributed by atoms with Crippen molar-refractivity contribution in [1.29, 1.82) is 0 Å². The van der Waals surface area contributed by atoms with Gasteiger partial charge in [0.25, 0.3) is 0 Å². The van der Waals surface area contributed by atoms with Crippen LogP contribution in [0.1, 0.15) is 5.69 Å². The van der Waals surface area contributed by atoms with Gasteiger partial charge in [-0.15, -0.1) is 11.3 Å². The number of para-hydroxylation sites is 3. The van der Waals surface area contributed by atoms with Crippen LogP contribution in [-0.4, -0.2) is 15.0 Å². The maximum Gasteiger partial charge on any atom is 0.235 e. The number of H-pyrrole nitrogens is 1. The van der Waals surface area contributed by atoms with Crippen molar-refractivity contribution in [1.82, 2.24) is 15.0 Å². The van der Waals surface area contributed by atoms with E-state index in [1.54, 1.807) is 11.3 Å². The molecular formula is C52H34N4S. The molecule has 0 amide bonds. The summed E-state index contributed by atoms with van der Waals surface area (Å²) in [4.78, 5) is 16.7. The Morgan fingerprint density at radius 2 is 1.21 bits per heavy atom. The first-order valence-electron chi connectivity index (χ1n) is 19.1. The number of hydrogen-bond donors (Lipinski definition) is 1. The van der Waals surface area contributed by atoms with E-state index in [0.29, 0.717) is 5.95 Å². The van der Waals surface area contributed by atoms with Crippen LogP contribution in [0, 0.1) is 0 Å². The Hall–Kier alpha value is -7.34. The molecule has 0 aliphatic rings. The van der Waals surface area contributed by atoms with Gasteiger partial charge in [-0.2, -0.15) is 0 Å². The van der Waals surface area contributed by atoms with Crippen molar-refractivity contribution >= 4 is 105 Å². The molecule has 4 nitrogen and oxygen atoms in total. The maximum atomic E-state index is 5.44. The highest BCUT2D eigenvalue weighted by molar-refractivity contribution is 7.17. The van der Waals surface area contributed by atoms with E-state index in [4.69, 9.17) is 9.97 Å². The zero-order chi connectivity index (χ0) is 37.9. The Morgan fingerprint density at radius 1 is 0.544 bits per heavy atom. The molecule has 8 aromatic carbocycles. The fourth-order valence-electron chi connectivity index (χ4n) is 8.45. The molecule has 268 valence electrons. The van der Waals surface area contributed by atoms with Crippen LogP contribution in [0.4, 0.5) is 17.3 Å². The highest BCUT2D eigenvalue weighted by Gasteiger charge is 2.21. The highest BCUT2D eigenvalue weighted by Crippen LogP contribution is 2.44. The Bertz CT molecular complexity index is 3510. The normalized spacial score (nSPS) is 12.5. The second-order valence-electron chi connectivity index (χ2n) is 14.3. The van der Waals surface area contributed by atoms with Gasteiger partial charge in [-0.1, -0.05) is 140 Å². The van der Waals surface area contributed by atoms with Crippen LogP contribution < -0.4 is 14.7 Å². The molecule has 11 rings (SSSR count). The molecule has 0 bridgehead atoms. The molecule has 0 fully saturated rings. The summed E-state index contributed by atoms with van der Waals surface area (Å²) in [5.74, 6) is 0.596. The molecule has 3 aromatic heterocycles. The standard InChI is InChI=1S/C52H34N4S/c1-2-16-38-39-22-12-15-28-49(39)57-50(38)32-47-41-24-10-13-26-45(41)54-52(55-47)56(34-18-4-3-5-19-34)35-29-33-17-6-7-20-36(33)43(30-35)44-31-48-51(40-23-9-8-21-37(40)44)42-25-11-14-27-46(42)53-48/h2-32,53H,1H2/b38-16-,50-32-. The van der Waals surface area contributed by atoms with Crippen molar-refractivity contribution < 1.29 is 0 Å². The lowest BCUT2D eigenvalue weighted by atomic mass is 9.91. The molecule has 3 heterocycles. The third kappa shape index (κ3) is 5.51. The van der Waals surface area contributed by atoms with Gasteiger partial charge in [-0.25, -0.2) is 9.97 Å². The third-order valence-corrected chi connectivity index (χ3v) is 12.1. The molecule has 0 unspecified atom stereocenters. The summed E-state index contributed by atoms with van der Waals surface area (Å²) in [7, 11) is 0. The molecule has 0 saturated carbocycles. The van der Waals surface area contributed by atoms with Crippen LogP contribution in [-0.2, 0) is 0 Å². The first-order valence-corrected chi connectivity index (χ1v) is 19.9. The maximum absolute atomic E-state index is 5.44. The SMILES string of the molecule is C=C/C=c1\c(=C\c2nc(N(c3ccccc3)c3cc(-c4cc5[nH]c6ccccc6c5c5ccccc45)c4ccccc4c3)nc3ccccc23)sc2ccccc12. The molecule has 5 heteroatoms. The number of rotatable bonds is 6. The van der Waals surface area contributed by atoms with E-state index in [0.717, 1.165) is 59.7 Å². The summed E-state index contributed by atoms with van der Waals surface area (Å²) in [6.07, 6.45) is 6.17. The number of fused-ring (bicyclic) bond motifs is 8. The number of aromatic nitrogens is 3. The molecule has 11 aromatic rings. The molecule has 0 aliphatic heterocycles. The lowest BCUT2D eigenvalue weighted by Crippen LogP contribution is -2.19. The number of hydrogen-bond acceptors (Lipinski definition) is 4. The van der Waals surface area contributed by atoms with Crippen LogP contribution in [0.2, 0.25) is 0 Å². The molecule has 57 heavy (non-hydrogen) atoms. The van der Waals surface area contributed by atoms with E-state index in [2.05, 4.69) is 192 Å². The Labute approximate surface area is 332 Å². The lowest BCUT2D eigenvalue weighted by molar-refractivity contribution is 1.10. The largest absolute Gasteiger partial charge is 0.354 e. The van der Waals surface area contributed by atoms with Crippen LogP contribution in [0.15, 0.2) is 183 Å². The number of benzene rings is 8. The van der Waals surface area contributed by atoms with Crippen molar-refractivity contribution in [2.24, 2.45) is 0 Å². The second-order valence-corrected chi connectivity index (χ2v) is 15.4. The van der Waals surface area contributed by atoms with Gasteiger partial charge in [0.05, 0.1) is 16.9 Å². The summed E-state index contributed by atoms with van der Waals surface area (Å²) in [5.41, 5.74) is 8.24. The zero-order valence-electron chi connectivity index (χ0n) is 30.9. The van der Waals surface area contributed by atoms with E-state index in [1.165, 1.54) is 42.6 Å². The Kier molecular flexibility index (Phi) is 7.79. The molecule has 0 atom stereocenters. The Morgan fingerprint density at radius 3 is 2.05 bits per heavy atom. The Balaban J connectivity index is 1.19. The number of nitrogens with zero attached hydrogens (tertiary/aromatic N) is 3. The van der Waals surface area contributed by atoms with Crippen LogP contribution in [0.5, 0.6) is 0 Å². The predicted molar refractivity (Wildman–Crippen MR) is 243 cm³/mol. The van der Waals surface area contributed by atoms with E-state index in [-0.39, 0.29) is 0 Å². The van der Waals surface area contributed by atoms with Crippen LogP contribution >= 0.6 is 11.3 Å². The molecule has 1 N–H and O–H groups in total. The fraction of sp³-hybridized carbons (Fsp3) is 0. The summed E-state index contributed by atoms with van der Waals surface area (Å²) in [5, 5.41) is 10.6. The molecule has 0 aliphatic carbocycles. The van der Waals surface area contributed by atoms with Crippen LogP contribution in [0.3, 0.4) is 0 Å². The van der Waals surface area contributed by atoms with E-state index < -0.39 is 0 Å². The van der Waals surface area contributed by atoms with Gasteiger partial charge in [0.15, 0.2) is 0 Å². The number of allylic oxidation sites excluding steroid dienone is 1. The number of nitrogens with one attached hydrogen (secondary N) is 1. The summed E-state index contributed by atoms with van der Waals surface area (Å²) in [6.45, 7) is 4.04. The zero-order valence-corrected chi connectivity index (χ0v) is 31.7. The van der Waals surface area contributed by atoms with Crippen LogP contribution in [0.25, 0.3) is 87.6 Å². The molecule has 0 saturated heterocycles. The van der Waals surface area contributed by atoms with Crippen molar-refractivity contribution in [3.05, 3.63) is 198 Å². The summed E-state index contributed by atoms with van der Waals surface area (Å²) >= 11 is 1.77. The van der Waals surface area contributed by atoms with E-state index in [9.17, 15) is 0 Å². The minimum atomic E-state index is 0.596. The average Bonchev–Trinajstić information content (AvgIpc) is 3.81. The molecular weight excluding hydrogens is 713 g/mol. The van der Waals surface area contributed by atoms with E-state index >= 15 is 0 Å². The topological polar surface area (TPSA) is 44.8 Å². The van der Waals surface area contributed by atoms with Gasteiger partial charge in [0.2, 0.25) is 5.95 Å². The van der Waals surface area contributed by atoms with Crippen molar-refractivity contribution in [2.45, 2.75) is 0 Å². The predicted octanol–water partition coefficient (Wildman–Crippen LogP) is 12.7. The van der Waals surface area contributed by atoms with Gasteiger partial charge in [0.1, 0.15) is 0 Å². The monoisotopic (exact) mass is 746 g/mol. The minimum Gasteiger partial charge on any atom is -0.354 e.